The van der Waals surface area contributed by atoms with E-state index >= 15 is 0 Å². The number of hydrogen-bond donors (Lipinski definition) is 2. The average molecular weight is 499 g/mol. The van der Waals surface area contributed by atoms with Crippen molar-refractivity contribution < 1.29 is 8.91 Å². The summed E-state index contributed by atoms with van der Waals surface area (Å²) in [7, 11) is 0. The van der Waals surface area contributed by atoms with Crippen LogP contribution in [0.2, 0.25) is 0 Å². The van der Waals surface area contributed by atoms with Crippen LogP contribution >= 0.6 is 0 Å². The fourth-order valence-corrected chi connectivity index (χ4v) is 4.49. The molecule has 4 heterocycles. The lowest BCUT2D eigenvalue weighted by Crippen LogP contribution is -2.43. The molecule has 10 nitrogen and oxygen atoms in total. The molecule has 1 saturated heterocycles. The highest BCUT2D eigenvalue weighted by molar-refractivity contribution is 5.76. The van der Waals surface area contributed by atoms with E-state index in [-0.39, 0.29) is 23.9 Å². The molecule has 0 atom stereocenters. The predicted molar refractivity (Wildman–Crippen MR) is 137 cm³/mol. The summed E-state index contributed by atoms with van der Waals surface area (Å²) in [5, 5.41) is 10.7. The summed E-state index contributed by atoms with van der Waals surface area (Å²) in [5.74, 6) is 0.306. The summed E-state index contributed by atoms with van der Waals surface area (Å²) in [6.07, 6.45) is 2.97. The molecule has 5 aromatic rings. The first-order chi connectivity index (χ1) is 18.2. The van der Waals surface area contributed by atoms with Gasteiger partial charge in [-0.2, -0.15) is 9.97 Å². The molecular weight excluding hydrogens is 475 g/mol. The maximum atomic E-state index is 14.9. The van der Waals surface area contributed by atoms with Crippen LogP contribution in [0.5, 0.6) is 0 Å². The number of piperazine rings is 1. The smallest absolute Gasteiger partial charge is 0.257 e. The van der Waals surface area contributed by atoms with E-state index in [4.69, 9.17) is 4.52 Å². The second-order valence-electron chi connectivity index (χ2n) is 8.66. The van der Waals surface area contributed by atoms with Gasteiger partial charge in [0.15, 0.2) is 6.33 Å². The normalized spacial score (nSPS) is 13.7. The Bertz CT molecular complexity index is 1610. The Balaban J connectivity index is 1.32. The molecule has 2 N–H and O–H groups in total. The molecule has 186 valence electrons. The molecule has 1 fully saturated rings. The highest BCUT2D eigenvalue weighted by Gasteiger charge is 2.16. The van der Waals surface area contributed by atoms with Crippen molar-refractivity contribution in [3.05, 3.63) is 88.9 Å². The fraction of sp³-hybridized carbons (Fsp3) is 0.192. The van der Waals surface area contributed by atoms with Crippen LogP contribution in [0.1, 0.15) is 5.56 Å². The van der Waals surface area contributed by atoms with E-state index in [2.05, 4.69) is 30.7 Å². The number of fused-ring (bicyclic) bond motifs is 1. The number of benzene rings is 2. The first-order valence-electron chi connectivity index (χ1n) is 11.9. The second kappa shape index (κ2) is 9.78. The summed E-state index contributed by atoms with van der Waals surface area (Å²) in [6, 6.07) is 15.7. The number of aromatic nitrogens is 5. The van der Waals surface area contributed by atoms with Crippen LogP contribution in [0.15, 0.2) is 76.4 Å². The van der Waals surface area contributed by atoms with E-state index in [1.54, 1.807) is 29.0 Å². The van der Waals surface area contributed by atoms with Crippen molar-refractivity contribution in [1.82, 2.24) is 30.0 Å². The van der Waals surface area contributed by atoms with E-state index in [1.807, 2.05) is 29.2 Å². The van der Waals surface area contributed by atoms with Crippen molar-refractivity contribution in [1.29, 1.82) is 0 Å². The van der Waals surface area contributed by atoms with Gasteiger partial charge in [0.25, 0.3) is 11.4 Å². The largest absolute Gasteiger partial charge is 0.367 e. The fourth-order valence-electron chi connectivity index (χ4n) is 4.49. The molecule has 11 heteroatoms. The first-order valence-corrected chi connectivity index (χ1v) is 11.9. The van der Waals surface area contributed by atoms with Crippen LogP contribution < -0.4 is 21.1 Å². The molecule has 1 aliphatic rings. The molecular formula is C26H23FN8O2. The summed E-state index contributed by atoms with van der Waals surface area (Å²) in [6.45, 7) is 3.39. The minimum Gasteiger partial charge on any atom is -0.367 e. The van der Waals surface area contributed by atoms with Gasteiger partial charge in [0.05, 0.1) is 12.2 Å². The molecule has 0 amide bonds. The number of hydrogen-bond acceptors (Lipinski definition) is 9. The van der Waals surface area contributed by atoms with Crippen molar-refractivity contribution in [3.63, 3.8) is 0 Å². The number of rotatable bonds is 6. The summed E-state index contributed by atoms with van der Waals surface area (Å²) < 4.78 is 21.7. The van der Waals surface area contributed by atoms with E-state index in [0.717, 1.165) is 37.3 Å². The maximum Gasteiger partial charge on any atom is 0.257 e. The third-order valence-corrected chi connectivity index (χ3v) is 6.32. The predicted octanol–water partition coefficient (Wildman–Crippen LogP) is 3.18. The first kappa shape index (κ1) is 22.8. The molecule has 0 bridgehead atoms. The van der Waals surface area contributed by atoms with Gasteiger partial charge in [-0.15, -0.1) is 0 Å². The van der Waals surface area contributed by atoms with Crippen molar-refractivity contribution in [2.75, 3.05) is 36.4 Å². The van der Waals surface area contributed by atoms with E-state index in [9.17, 15) is 9.18 Å². The van der Waals surface area contributed by atoms with Gasteiger partial charge in [-0.1, -0.05) is 23.4 Å². The molecule has 0 saturated carbocycles. The Morgan fingerprint density at radius 1 is 1.05 bits per heavy atom. The highest BCUT2D eigenvalue weighted by atomic mass is 19.1. The third kappa shape index (κ3) is 4.64. The lowest BCUT2D eigenvalue weighted by atomic mass is 10.1. The maximum absolute atomic E-state index is 14.9. The number of halogens is 1. The molecule has 1 aliphatic heterocycles. The number of anilines is 3. The van der Waals surface area contributed by atoms with Crippen LogP contribution in [0.3, 0.4) is 0 Å². The van der Waals surface area contributed by atoms with Crippen LogP contribution in [0.4, 0.5) is 21.7 Å². The number of pyridine rings is 1. The minimum absolute atomic E-state index is 0.219. The van der Waals surface area contributed by atoms with Gasteiger partial charge in [0.2, 0.25) is 5.95 Å². The molecule has 0 unspecified atom stereocenters. The molecule has 3 aromatic heterocycles. The van der Waals surface area contributed by atoms with E-state index < -0.39 is 0 Å². The van der Waals surface area contributed by atoms with Gasteiger partial charge in [0.1, 0.15) is 11.5 Å². The van der Waals surface area contributed by atoms with Gasteiger partial charge < -0.3 is 20.1 Å². The lowest BCUT2D eigenvalue weighted by Gasteiger charge is -2.29. The summed E-state index contributed by atoms with van der Waals surface area (Å²) >= 11 is 0. The Hall–Kier alpha value is -4.64. The van der Waals surface area contributed by atoms with Gasteiger partial charge in [-0.05, 0) is 35.9 Å². The Kier molecular flexibility index (Phi) is 6.03. The molecule has 0 spiro atoms. The zero-order valence-corrected chi connectivity index (χ0v) is 19.8. The van der Waals surface area contributed by atoms with Crippen LogP contribution in [0, 0.1) is 5.82 Å². The average Bonchev–Trinajstić information content (AvgIpc) is 3.46. The standard InChI is InChI=1S/C26H23FN8O2/c27-21-13-19(6-7-22(21)34-11-9-28-10-12-34)32-26-29-14-17-5-8-23(36)35(24(17)33-26)15-18-3-1-2-4-20(18)25-30-16-31-37-25/h1-8,13-14,16,28H,9-12,15H2,(H,29,32,33). The lowest BCUT2D eigenvalue weighted by molar-refractivity contribution is 0.429. The van der Waals surface area contributed by atoms with Gasteiger partial charge in [0, 0.05) is 55.1 Å². The number of nitrogens with zero attached hydrogens (tertiary/aromatic N) is 6. The molecule has 6 rings (SSSR count). The second-order valence-corrected chi connectivity index (χ2v) is 8.66. The van der Waals surface area contributed by atoms with E-state index in [0.29, 0.717) is 28.3 Å². The van der Waals surface area contributed by atoms with Crippen LogP contribution in [-0.2, 0) is 6.54 Å². The Labute approximate surface area is 210 Å². The number of nitrogens with one attached hydrogen (secondary N) is 2. The quantitative estimate of drug-likeness (QED) is 0.364. The SMILES string of the molecule is O=c1ccc2cnc(Nc3ccc(N4CCNCC4)c(F)c3)nc2n1Cc1ccccc1-c1ncno1. The third-order valence-electron chi connectivity index (χ3n) is 6.32. The molecule has 0 radical (unpaired) electrons. The summed E-state index contributed by atoms with van der Waals surface area (Å²) in [4.78, 5) is 28.0. The van der Waals surface area contributed by atoms with Crippen molar-refractivity contribution >= 4 is 28.4 Å². The molecule has 37 heavy (non-hydrogen) atoms. The zero-order valence-electron chi connectivity index (χ0n) is 19.8. The molecule has 0 aliphatic carbocycles. The van der Waals surface area contributed by atoms with Crippen molar-refractivity contribution in [2.24, 2.45) is 0 Å². The molecule has 2 aromatic carbocycles. The van der Waals surface area contributed by atoms with E-state index in [1.165, 1.54) is 18.5 Å². The zero-order chi connectivity index (χ0) is 25.2. The van der Waals surface area contributed by atoms with Crippen molar-refractivity contribution in [2.45, 2.75) is 6.54 Å². The van der Waals surface area contributed by atoms with Gasteiger partial charge >= 0.3 is 0 Å². The van der Waals surface area contributed by atoms with Gasteiger partial charge in [-0.3, -0.25) is 9.36 Å². The Morgan fingerprint density at radius 3 is 2.73 bits per heavy atom. The highest BCUT2D eigenvalue weighted by Crippen LogP contribution is 2.26. The monoisotopic (exact) mass is 498 g/mol. The van der Waals surface area contributed by atoms with Gasteiger partial charge in [-0.25, -0.2) is 9.37 Å². The summed E-state index contributed by atoms with van der Waals surface area (Å²) in [5.41, 5.74) is 2.87. The van der Waals surface area contributed by atoms with Crippen LogP contribution in [0.25, 0.3) is 22.5 Å². The Morgan fingerprint density at radius 2 is 1.92 bits per heavy atom. The topological polar surface area (TPSA) is 114 Å². The minimum atomic E-state index is -0.317. The van der Waals surface area contributed by atoms with Crippen LogP contribution in [-0.4, -0.2) is 50.9 Å². The van der Waals surface area contributed by atoms with Crippen molar-refractivity contribution in [3.8, 4) is 11.5 Å².